The van der Waals surface area contributed by atoms with Crippen LogP contribution in [0.25, 0.3) is 11.0 Å². The molecule has 1 aromatic carbocycles. The summed E-state index contributed by atoms with van der Waals surface area (Å²) in [5.41, 5.74) is 2.16. The largest absolute Gasteiger partial charge is 0.461 e. The zero-order valence-electron chi connectivity index (χ0n) is 8.01. The van der Waals surface area contributed by atoms with Gasteiger partial charge in [-0.1, -0.05) is 40.7 Å². The van der Waals surface area contributed by atoms with Gasteiger partial charge in [-0.3, -0.25) is 0 Å². The van der Waals surface area contributed by atoms with Crippen LogP contribution in [0.4, 0.5) is 0 Å². The van der Waals surface area contributed by atoms with Crippen LogP contribution >= 0.6 is 15.9 Å². The van der Waals surface area contributed by atoms with E-state index in [-0.39, 0.29) is 0 Å². The van der Waals surface area contributed by atoms with Gasteiger partial charge in [0.25, 0.3) is 0 Å². The van der Waals surface area contributed by atoms with Gasteiger partial charge >= 0.3 is 0 Å². The lowest BCUT2D eigenvalue weighted by Gasteiger charge is -1.99. The fourth-order valence-corrected chi connectivity index (χ4v) is 1.90. The van der Waals surface area contributed by atoms with Gasteiger partial charge in [-0.05, 0) is 17.5 Å². The average molecular weight is 251 g/mol. The maximum atomic E-state index is 5.64. The zero-order valence-corrected chi connectivity index (χ0v) is 9.60. The highest BCUT2D eigenvalue weighted by Gasteiger charge is 2.05. The minimum Gasteiger partial charge on any atom is -0.461 e. The lowest BCUT2D eigenvalue weighted by atomic mass is 10.1. The highest BCUT2D eigenvalue weighted by molar-refractivity contribution is 9.11. The number of hydrogen-bond donors (Lipinski definition) is 0. The summed E-state index contributed by atoms with van der Waals surface area (Å²) in [6, 6.07) is 8.22. The second kappa shape index (κ2) is 3.62. The summed E-state index contributed by atoms with van der Waals surface area (Å²) in [5.74, 6) is 0.952. The predicted octanol–water partition coefficient (Wildman–Crippen LogP) is 4.19. The number of rotatable bonds is 2. The molecule has 0 radical (unpaired) electrons. The topological polar surface area (TPSA) is 13.1 Å². The highest BCUT2D eigenvalue weighted by atomic mass is 79.9. The number of benzene rings is 1. The first kappa shape index (κ1) is 9.53. The molecule has 72 valence electrons. The van der Waals surface area contributed by atoms with E-state index in [1.807, 2.05) is 13.0 Å². The molecule has 1 heterocycles. The van der Waals surface area contributed by atoms with Crippen LogP contribution in [0.15, 0.2) is 39.7 Å². The third-order valence-corrected chi connectivity index (χ3v) is 2.41. The van der Waals surface area contributed by atoms with Crippen molar-refractivity contribution in [2.24, 2.45) is 0 Å². The lowest BCUT2D eigenvalue weighted by Crippen LogP contribution is -1.83. The van der Waals surface area contributed by atoms with Gasteiger partial charge in [-0.15, -0.1) is 0 Å². The third kappa shape index (κ3) is 1.75. The van der Waals surface area contributed by atoms with Crippen LogP contribution in [0.5, 0.6) is 0 Å². The molecule has 1 nitrogen and oxygen atoms in total. The number of para-hydroxylation sites is 1. The third-order valence-electron chi connectivity index (χ3n) is 2.13. The molecule has 0 unspecified atom stereocenters. The fraction of sp³-hybridized carbons (Fsp3) is 0.167. The van der Waals surface area contributed by atoms with Crippen LogP contribution in [0.3, 0.4) is 0 Å². The minimum absolute atomic E-state index is 0.810. The summed E-state index contributed by atoms with van der Waals surface area (Å²) in [6.07, 6.45) is 0.810. The van der Waals surface area contributed by atoms with Crippen LogP contribution < -0.4 is 0 Å². The van der Waals surface area contributed by atoms with Gasteiger partial charge < -0.3 is 4.42 Å². The summed E-state index contributed by atoms with van der Waals surface area (Å²) in [6.45, 7) is 5.80. The van der Waals surface area contributed by atoms with Gasteiger partial charge in [0.15, 0.2) is 0 Å². The Morgan fingerprint density at radius 1 is 1.50 bits per heavy atom. The van der Waals surface area contributed by atoms with Crippen molar-refractivity contribution in [3.63, 3.8) is 0 Å². The molecule has 0 saturated carbocycles. The van der Waals surface area contributed by atoms with Crippen molar-refractivity contribution in [3.8, 4) is 0 Å². The van der Waals surface area contributed by atoms with Crippen molar-refractivity contribution in [1.29, 1.82) is 0 Å². The smallest absolute Gasteiger partial charge is 0.137 e. The number of aryl methyl sites for hydroxylation is 1. The molecule has 0 fully saturated rings. The Kier molecular flexibility index (Phi) is 2.46. The van der Waals surface area contributed by atoms with Crippen molar-refractivity contribution in [2.75, 3.05) is 0 Å². The van der Waals surface area contributed by atoms with E-state index in [9.17, 15) is 0 Å². The van der Waals surface area contributed by atoms with Crippen LogP contribution in [0.1, 0.15) is 11.3 Å². The zero-order chi connectivity index (χ0) is 10.1. The van der Waals surface area contributed by atoms with Crippen molar-refractivity contribution < 1.29 is 4.42 Å². The van der Waals surface area contributed by atoms with E-state index in [4.69, 9.17) is 4.42 Å². The standard InChI is InChI=1S/C12H11BrO/c1-8(13)6-10-4-3-5-11-7-9(2)14-12(10)11/h3-5,7H,1,6H2,2H3. The Hall–Kier alpha value is -1.02. The van der Waals surface area contributed by atoms with Crippen molar-refractivity contribution >= 4 is 26.9 Å². The SMILES string of the molecule is C=C(Br)Cc1cccc2cc(C)oc12. The van der Waals surface area contributed by atoms with E-state index < -0.39 is 0 Å². The Morgan fingerprint density at radius 3 is 3.00 bits per heavy atom. The molecular formula is C12H11BrO. The molecule has 2 aromatic rings. The van der Waals surface area contributed by atoms with Crippen molar-refractivity contribution in [2.45, 2.75) is 13.3 Å². The summed E-state index contributed by atoms with van der Waals surface area (Å²) in [7, 11) is 0. The fourth-order valence-electron chi connectivity index (χ4n) is 1.60. The second-order valence-corrected chi connectivity index (χ2v) is 4.51. The quantitative estimate of drug-likeness (QED) is 0.779. The minimum atomic E-state index is 0.810. The Labute approximate surface area is 91.5 Å². The molecular weight excluding hydrogens is 240 g/mol. The molecule has 0 amide bonds. The first-order valence-electron chi connectivity index (χ1n) is 4.48. The van der Waals surface area contributed by atoms with Gasteiger partial charge in [0.05, 0.1) is 0 Å². The van der Waals surface area contributed by atoms with E-state index >= 15 is 0 Å². The summed E-state index contributed by atoms with van der Waals surface area (Å²) in [4.78, 5) is 0. The number of allylic oxidation sites excluding steroid dienone is 1. The summed E-state index contributed by atoms with van der Waals surface area (Å²) in [5, 5.41) is 1.16. The van der Waals surface area contributed by atoms with Gasteiger partial charge in [0.2, 0.25) is 0 Å². The number of halogens is 1. The predicted molar refractivity (Wildman–Crippen MR) is 62.7 cm³/mol. The number of furan rings is 1. The average Bonchev–Trinajstić information content (AvgIpc) is 2.45. The van der Waals surface area contributed by atoms with Gasteiger partial charge in [0.1, 0.15) is 11.3 Å². The maximum absolute atomic E-state index is 5.64. The van der Waals surface area contributed by atoms with Crippen molar-refractivity contribution in [3.05, 3.63) is 46.7 Å². The van der Waals surface area contributed by atoms with Crippen LogP contribution in [0.2, 0.25) is 0 Å². The van der Waals surface area contributed by atoms with E-state index in [0.717, 1.165) is 27.6 Å². The van der Waals surface area contributed by atoms with Crippen LogP contribution in [0, 0.1) is 6.92 Å². The lowest BCUT2D eigenvalue weighted by molar-refractivity contribution is 0.575. The first-order chi connectivity index (χ1) is 6.66. The summed E-state index contributed by atoms with van der Waals surface area (Å²) >= 11 is 3.37. The first-order valence-corrected chi connectivity index (χ1v) is 5.27. The second-order valence-electron chi connectivity index (χ2n) is 3.39. The van der Waals surface area contributed by atoms with Gasteiger partial charge in [-0.25, -0.2) is 0 Å². The molecule has 0 aliphatic rings. The normalized spacial score (nSPS) is 10.7. The molecule has 2 rings (SSSR count). The molecule has 0 bridgehead atoms. The number of hydrogen-bond acceptors (Lipinski definition) is 1. The molecule has 1 aromatic heterocycles. The van der Waals surface area contributed by atoms with Gasteiger partial charge in [-0.2, -0.15) is 0 Å². The molecule has 2 heteroatoms. The molecule has 0 aliphatic heterocycles. The molecule has 0 N–H and O–H groups in total. The summed E-state index contributed by atoms with van der Waals surface area (Å²) < 4.78 is 6.61. The molecule has 0 spiro atoms. The van der Waals surface area contributed by atoms with E-state index in [2.05, 4.69) is 40.7 Å². The van der Waals surface area contributed by atoms with Crippen LogP contribution in [-0.2, 0) is 6.42 Å². The molecule has 0 atom stereocenters. The molecule has 14 heavy (non-hydrogen) atoms. The van der Waals surface area contributed by atoms with E-state index in [1.54, 1.807) is 0 Å². The van der Waals surface area contributed by atoms with Crippen LogP contribution in [-0.4, -0.2) is 0 Å². The Morgan fingerprint density at radius 2 is 2.29 bits per heavy atom. The highest BCUT2D eigenvalue weighted by Crippen LogP contribution is 2.25. The maximum Gasteiger partial charge on any atom is 0.137 e. The van der Waals surface area contributed by atoms with Gasteiger partial charge in [0, 0.05) is 17.4 Å². The van der Waals surface area contributed by atoms with Crippen molar-refractivity contribution in [1.82, 2.24) is 0 Å². The van der Waals surface area contributed by atoms with E-state index in [0.29, 0.717) is 0 Å². The monoisotopic (exact) mass is 250 g/mol. The Balaban J connectivity index is 2.58. The number of fused-ring (bicyclic) bond motifs is 1. The molecule has 0 saturated heterocycles. The molecule has 0 aliphatic carbocycles. The van der Waals surface area contributed by atoms with E-state index in [1.165, 1.54) is 5.56 Å². The Bertz CT molecular complexity index is 482.